The predicted octanol–water partition coefficient (Wildman–Crippen LogP) is 2.32. The van der Waals surface area contributed by atoms with Crippen LogP contribution in [0.2, 0.25) is 0 Å². The smallest absolute Gasteiger partial charge is 0.255 e. The third-order valence-electron chi connectivity index (χ3n) is 3.49. The summed E-state index contributed by atoms with van der Waals surface area (Å²) in [5.74, 6) is 0.658. The Hall–Kier alpha value is -1.71. The van der Waals surface area contributed by atoms with Gasteiger partial charge in [0.15, 0.2) is 11.5 Å². The van der Waals surface area contributed by atoms with Gasteiger partial charge in [0.1, 0.15) is 0 Å². The lowest BCUT2D eigenvalue weighted by Crippen LogP contribution is -2.32. The first-order valence-corrected chi connectivity index (χ1v) is 6.28. The number of ether oxygens (including phenoxy) is 1. The summed E-state index contributed by atoms with van der Waals surface area (Å²) in [6, 6.07) is 5.15. The van der Waals surface area contributed by atoms with Crippen molar-refractivity contribution in [3.63, 3.8) is 0 Å². The van der Waals surface area contributed by atoms with E-state index in [1.807, 2.05) is 0 Å². The highest BCUT2D eigenvalue weighted by Gasteiger charge is 2.24. The SMILES string of the molecule is COc1cccc(C(=O)NC2CCC(C)C2)c1O. The second-order valence-corrected chi connectivity index (χ2v) is 4.95. The number of para-hydroxylation sites is 1. The van der Waals surface area contributed by atoms with E-state index < -0.39 is 0 Å². The van der Waals surface area contributed by atoms with Crippen molar-refractivity contribution in [3.8, 4) is 11.5 Å². The molecule has 2 atom stereocenters. The molecule has 1 aromatic carbocycles. The number of methoxy groups -OCH3 is 1. The van der Waals surface area contributed by atoms with Crippen LogP contribution in [0.4, 0.5) is 0 Å². The molecule has 1 aliphatic rings. The van der Waals surface area contributed by atoms with Gasteiger partial charge in [-0.3, -0.25) is 4.79 Å². The number of carbonyl (C=O) groups excluding carboxylic acids is 1. The maximum absolute atomic E-state index is 12.1. The van der Waals surface area contributed by atoms with Crippen molar-refractivity contribution in [2.75, 3.05) is 7.11 Å². The Morgan fingerprint density at radius 2 is 2.22 bits per heavy atom. The molecule has 0 heterocycles. The van der Waals surface area contributed by atoms with Crippen LogP contribution in [0.15, 0.2) is 18.2 Å². The number of nitrogens with one attached hydrogen (secondary N) is 1. The Bertz CT molecular complexity index is 445. The molecule has 1 aliphatic carbocycles. The molecule has 1 saturated carbocycles. The van der Waals surface area contributed by atoms with Gasteiger partial charge in [-0.15, -0.1) is 0 Å². The molecule has 0 aliphatic heterocycles. The lowest BCUT2D eigenvalue weighted by Gasteiger charge is -2.14. The summed E-state index contributed by atoms with van der Waals surface area (Å²) < 4.78 is 4.99. The number of hydrogen-bond acceptors (Lipinski definition) is 3. The summed E-state index contributed by atoms with van der Waals surface area (Å²) in [5.41, 5.74) is 0.272. The van der Waals surface area contributed by atoms with Crippen LogP contribution in [-0.4, -0.2) is 24.2 Å². The van der Waals surface area contributed by atoms with Crippen LogP contribution in [0.3, 0.4) is 0 Å². The molecule has 0 saturated heterocycles. The van der Waals surface area contributed by atoms with E-state index in [0.717, 1.165) is 19.3 Å². The molecule has 1 amide bonds. The van der Waals surface area contributed by atoms with Crippen LogP contribution < -0.4 is 10.1 Å². The number of benzene rings is 1. The molecule has 0 aromatic heterocycles. The van der Waals surface area contributed by atoms with Gasteiger partial charge in [-0.25, -0.2) is 0 Å². The highest BCUT2D eigenvalue weighted by molar-refractivity contribution is 5.97. The Labute approximate surface area is 107 Å². The molecule has 2 rings (SSSR count). The molecule has 0 spiro atoms. The van der Waals surface area contributed by atoms with Crippen molar-refractivity contribution in [1.82, 2.24) is 5.32 Å². The fourth-order valence-electron chi connectivity index (χ4n) is 2.47. The van der Waals surface area contributed by atoms with Crippen LogP contribution in [0.25, 0.3) is 0 Å². The summed E-state index contributed by atoms with van der Waals surface area (Å²) in [4.78, 5) is 12.1. The van der Waals surface area contributed by atoms with Crippen molar-refractivity contribution < 1.29 is 14.6 Å². The topological polar surface area (TPSA) is 58.6 Å². The van der Waals surface area contributed by atoms with Gasteiger partial charge in [-0.1, -0.05) is 13.0 Å². The monoisotopic (exact) mass is 249 g/mol. The number of aromatic hydroxyl groups is 1. The van der Waals surface area contributed by atoms with Crippen LogP contribution in [0, 0.1) is 5.92 Å². The number of phenols is 1. The standard InChI is InChI=1S/C14H19NO3/c1-9-6-7-10(8-9)15-14(17)11-4-3-5-12(18-2)13(11)16/h3-5,9-10,16H,6-8H2,1-2H3,(H,15,17). The van der Waals surface area contributed by atoms with Gasteiger partial charge < -0.3 is 15.2 Å². The second-order valence-electron chi connectivity index (χ2n) is 4.95. The zero-order valence-corrected chi connectivity index (χ0v) is 10.8. The normalized spacial score (nSPS) is 22.8. The summed E-state index contributed by atoms with van der Waals surface area (Å²) in [5, 5.41) is 12.9. The van der Waals surface area contributed by atoms with E-state index in [0.29, 0.717) is 11.7 Å². The van der Waals surface area contributed by atoms with E-state index in [2.05, 4.69) is 12.2 Å². The van der Waals surface area contributed by atoms with Crippen molar-refractivity contribution >= 4 is 5.91 Å². The van der Waals surface area contributed by atoms with Crippen molar-refractivity contribution in [3.05, 3.63) is 23.8 Å². The Morgan fingerprint density at radius 1 is 1.44 bits per heavy atom. The number of phenolic OH excluding ortho intramolecular Hbond substituents is 1. The van der Waals surface area contributed by atoms with Gasteiger partial charge in [-0.2, -0.15) is 0 Å². The molecular weight excluding hydrogens is 230 g/mol. The van der Waals surface area contributed by atoms with E-state index in [9.17, 15) is 9.90 Å². The first-order chi connectivity index (χ1) is 8.61. The molecule has 0 bridgehead atoms. The number of carbonyl (C=O) groups is 1. The molecule has 4 heteroatoms. The Balaban J connectivity index is 2.09. The van der Waals surface area contributed by atoms with Crippen molar-refractivity contribution in [1.29, 1.82) is 0 Å². The molecule has 2 unspecified atom stereocenters. The van der Waals surface area contributed by atoms with Crippen molar-refractivity contribution in [2.24, 2.45) is 5.92 Å². The van der Waals surface area contributed by atoms with Gasteiger partial charge >= 0.3 is 0 Å². The first-order valence-electron chi connectivity index (χ1n) is 6.28. The molecule has 98 valence electrons. The van der Waals surface area contributed by atoms with E-state index in [4.69, 9.17) is 4.74 Å². The summed E-state index contributed by atoms with van der Waals surface area (Å²) in [7, 11) is 1.47. The van der Waals surface area contributed by atoms with Gasteiger partial charge in [0.2, 0.25) is 0 Å². The lowest BCUT2D eigenvalue weighted by molar-refractivity contribution is 0.0934. The van der Waals surface area contributed by atoms with Gasteiger partial charge in [0.05, 0.1) is 12.7 Å². The Morgan fingerprint density at radius 3 is 2.83 bits per heavy atom. The maximum atomic E-state index is 12.1. The van der Waals surface area contributed by atoms with Crippen LogP contribution in [0.5, 0.6) is 11.5 Å². The van der Waals surface area contributed by atoms with E-state index in [-0.39, 0.29) is 23.3 Å². The first kappa shape index (κ1) is 12.7. The molecule has 4 nitrogen and oxygen atoms in total. The van der Waals surface area contributed by atoms with E-state index in [1.54, 1.807) is 18.2 Å². The van der Waals surface area contributed by atoms with Gasteiger partial charge in [0.25, 0.3) is 5.91 Å². The minimum atomic E-state index is -0.231. The number of rotatable bonds is 3. The van der Waals surface area contributed by atoms with Crippen molar-refractivity contribution in [2.45, 2.75) is 32.2 Å². The van der Waals surface area contributed by atoms with E-state index >= 15 is 0 Å². The minimum Gasteiger partial charge on any atom is -0.504 e. The summed E-state index contributed by atoms with van der Waals surface area (Å²) in [6.07, 6.45) is 3.17. The van der Waals surface area contributed by atoms with Gasteiger partial charge in [0, 0.05) is 6.04 Å². The predicted molar refractivity (Wildman–Crippen MR) is 68.9 cm³/mol. The molecule has 0 radical (unpaired) electrons. The third-order valence-corrected chi connectivity index (χ3v) is 3.49. The van der Waals surface area contributed by atoms with Gasteiger partial charge in [-0.05, 0) is 37.3 Å². The summed E-state index contributed by atoms with van der Waals surface area (Å²) in [6.45, 7) is 2.19. The summed E-state index contributed by atoms with van der Waals surface area (Å²) >= 11 is 0. The maximum Gasteiger partial charge on any atom is 0.255 e. The average molecular weight is 249 g/mol. The molecule has 2 N–H and O–H groups in total. The molecule has 1 fully saturated rings. The zero-order valence-electron chi connectivity index (χ0n) is 10.8. The minimum absolute atomic E-state index is 0.0939. The van der Waals surface area contributed by atoms with E-state index in [1.165, 1.54) is 7.11 Å². The lowest BCUT2D eigenvalue weighted by atomic mass is 10.1. The Kier molecular flexibility index (Phi) is 3.75. The largest absolute Gasteiger partial charge is 0.504 e. The molecule has 1 aromatic rings. The van der Waals surface area contributed by atoms with Crippen LogP contribution in [0.1, 0.15) is 36.5 Å². The highest BCUT2D eigenvalue weighted by Crippen LogP contribution is 2.30. The fourth-order valence-corrected chi connectivity index (χ4v) is 2.47. The fraction of sp³-hybridized carbons (Fsp3) is 0.500. The number of hydrogen-bond donors (Lipinski definition) is 2. The van der Waals surface area contributed by atoms with Crippen LogP contribution in [-0.2, 0) is 0 Å². The zero-order chi connectivity index (χ0) is 13.1. The molecular formula is C14H19NO3. The second kappa shape index (κ2) is 5.29. The average Bonchev–Trinajstić information content (AvgIpc) is 2.75. The highest BCUT2D eigenvalue weighted by atomic mass is 16.5. The quantitative estimate of drug-likeness (QED) is 0.864. The number of amides is 1. The third kappa shape index (κ3) is 2.58. The van der Waals surface area contributed by atoms with Crippen LogP contribution >= 0.6 is 0 Å². The molecule has 18 heavy (non-hydrogen) atoms.